The van der Waals surface area contributed by atoms with Gasteiger partial charge in [0.05, 0.1) is 0 Å². The molecule has 0 aromatic rings. The van der Waals surface area contributed by atoms with Crippen molar-refractivity contribution in [3.05, 3.63) is 0 Å². The first-order valence-corrected chi connectivity index (χ1v) is 8.32. The van der Waals surface area contributed by atoms with Gasteiger partial charge in [0.25, 0.3) is 0 Å². The van der Waals surface area contributed by atoms with E-state index in [-0.39, 0.29) is 0 Å². The van der Waals surface area contributed by atoms with Crippen LogP contribution in [0, 0.1) is 17.3 Å². The van der Waals surface area contributed by atoms with Crippen molar-refractivity contribution < 1.29 is 0 Å². The van der Waals surface area contributed by atoms with Crippen molar-refractivity contribution in [2.24, 2.45) is 23.0 Å². The summed E-state index contributed by atoms with van der Waals surface area (Å²) in [7, 11) is 0. The minimum absolute atomic E-state index is 0.335. The summed E-state index contributed by atoms with van der Waals surface area (Å²) in [6, 6.07) is 0. The molecule has 0 spiro atoms. The van der Waals surface area contributed by atoms with Crippen molar-refractivity contribution in [2.45, 2.75) is 71.8 Å². The molecule has 1 heterocycles. The SMILES string of the molecule is CC1CCN(C2(CN)CCC(C(C)(C)C)CC2)CC1. The number of piperidine rings is 1. The van der Waals surface area contributed by atoms with Gasteiger partial charge in [0.1, 0.15) is 0 Å². The highest BCUT2D eigenvalue weighted by molar-refractivity contribution is 4.98. The maximum absolute atomic E-state index is 6.22. The summed E-state index contributed by atoms with van der Waals surface area (Å²) in [5.74, 6) is 1.80. The highest BCUT2D eigenvalue weighted by atomic mass is 15.2. The van der Waals surface area contributed by atoms with Crippen molar-refractivity contribution >= 4 is 0 Å². The third-order valence-electron chi connectivity index (χ3n) is 5.98. The van der Waals surface area contributed by atoms with Gasteiger partial charge in [0.15, 0.2) is 0 Å². The minimum Gasteiger partial charge on any atom is -0.329 e. The second kappa shape index (κ2) is 5.73. The van der Waals surface area contributed by atoms with Gasteiger partial charge >= 0.3 is 0 Å². The summed E-state index contributed by atoms with van der Waals surface area (Å²) in [5.41, 5.74) is 7.02. The van der Waals surface area contributed by atoms with Crippen molar-refractivity contribution in [1.82, 2.24) is 4.90 Å². The van der Waals surface area contributed by atoms with E-state index in [1.807, 2.05) is 0 Å². The summed E-state index contributed by atoms with van der Waals surface area (Å²) in [6.45, 7) is 13.0. The Hall–Kier alpha value is -0.0800. The lowest BCUT2D eigenvalue weighted by Crippen LogP contribution is -2.58. The van der Waals surface area contributed by atoms with E-state index >= 15 is 0 Å². The van der Waals surface area contributed by atoms with Crippen LogP contribution in [0.3, 0.4) is 0 Å². The average Bonchev–Trinajstić information content (AvgIpc) is 2.38. The fraction of sp³-hybridized carbons (Fsp3) is 1.00. The largest absolute Gasteiger partial charge is 0.329 e. The van der Waals surface area contributed by atoms with Gasteiger partial charge in [-0.3, -0.25) is 4.90 Å². The number of likely N-dealkylation sites (tertiary alicyclic amines) is 1. The van der Waals surface area contributed by atoms with E-state index in [0.717, 1.165) is 18.4 Å². The standard InChI is InChI=1S/C17H34N2/c1-14-7-11-19(12-8-14)17(13-18)9-5-15(6-10-17)16(2,3)4/h14-15H,5-13,18H2,1-4H3. The van der Waals surface area contributed by atoms with Crippen LogP contribution in [0.4, 0.5) is 0 Å². The van der Waals surface area contributed by atoms with Crippen LogP contribution in [-0.4, -0.2) is 30.1 Å². The molecule has 0 radical (unpaired) electrons. The van der Waals surface area contributed by atoms with Crippen molar-refractivity contribution in [3.8, 4) is 0 Å². The van der Waals surface area contributed by atoms with E-state index < -0.39 is 0 Å². The Bertz CT molecular complexity index is 276. The first kappa shape index (κ1) is 15.3. The van der Waals surface area contributed by atoms with Gasteiger partial charge in [-0.25, -0.2) is 0 Å². The number of hydrogen-bond acceptors (Lipinski definition) is 2. The van der Waals surface area contributed by atoms with Crippen molar-refractivity contribution in [3.63, 3.8) is 0 Å². The van der Waals surface area contributed by atoms with Gasteiger partial charge in [-0.1, -0.05) is 27.7 Å². The zero-order valence-corrected chi connectivity index (χ0v) is 13.5. The van der Waals surface area contributed by atoms with Crippen LogP contribution < -0.4 is 5.73 Å². The molecular weight excluding hydrogens is 232 g/mol. The van der Waals surface area contributed by atoms with E-state index in [1.54, 1.807) is 0 Å². The number of rotatable bonds is 2. The lowest BCUT2D eigenvalue weighted by molar-refractivity contribution is 0.00187. The molecule has 2 N–H and O–H groups in total. The smallest absolute Gasteiger partial charge is 0.0331 e. The third-order valence-corrected chi connectivity index (χ3v) is 5.98. The molecule has 2 fully saturated rings. The predicted molar refractivity (Wildman–Crippen MR) is 83.2 cm³/mol. The zero-order valence-electron chi connectivity index (χ0n) is 13.5. The maximum atomic E-state index is 6.22. The second-order valence-corrected chi connectivity index (χ2v) is 8.24. The van der Waals surface area contributed by atoms with Gasteiger partial charge in [-0.15, -0.1) is 0 Å². The molecule has 2 nitrogen and oxygen atoms in total. The van der Waals surface area contributed by atoms with Crippen LogP contribution in [-0.2, 0) is 0 Å². The topological polar surface area (TPSA) is 29.3 Å². The number of nitrogens with zero attached hydrogens (tertiary/aromatic N) is 1. The molecule has 112 valence electrons. The van der Waals surface area contributed by atoms with Gasteiger partial charge in [0.2, 0.25) is 0 Å². The normalized spacial score (nSPS) is 35.5. The van der Waals surface area contributed by atoms with E-state index in [1.165, 1.54) is 51.6 Å². The first-order chi connectivity index (χ1) is 8.87. The molecule has 1 aliphatic carbocycles. The van der Waals surface area contributed by atoms with Gasteiger partial charge in [-0.2, -0.15) is 0 Å². The molecule has 1 saturated heterocycles. The summed E-state index contributed by atoms with van der Waals surface area (Å²) >= 11 is 0. The molecule has 2 heteroatoms. The fourth-order valence-electron chi connectivity index (χ4n) is 4.15. The third kappa shape index (κ3) is 3.33. The van der Waals surface area contributed by atoms with Crippen LogP contribution in [0.5, 0.6) is 0 Å². The summed E-state index contributed by atoms with van der Waals surface area (Å²) < 4.78 is 0. The highest BCUT2D eigenvalue weighted by Gasteiger charge is 2.42. The molecule has 0 aromatic heterocycles. The minimum atomic E-state index is 0.335. The zero-order chi connectivity index (χ0) is 14.1. The molecule has 1 saturated carbocycles. The number of nitrogens with two attached hydrogens (primary N) is 1. The van der Waals surface area contributed by atoms with Crippen LogP contribution in [0.15, 0.2) is 0 Å². The quantitative estimate of drug-likeness (QED) is 0.826. The Morgan fingerprint density at radius 3 is 2.00 bits per heavy atom. The maximum Gasteiger partial charge on any atom is 0.0331 e. The van der Waals surface area contributed by atoms with Gasteiger partial charge in [-0.05, 0) is 68.9 Å². The summed E-state index contributed by atoms with van der Waals surface area (Å²) in [5, 5.41) is 0. The average molecular weight is 266 g/mol. The molecule has 0 amide bonds. The molecule has 2 aliphatic rings. The van der Waals surface area contributed by atoms with E-state index in [0.29, 0.717) is 11.0 Å². The summed E-state index contributed by atoms with van der Waals surface area (Å²) in [6.07, 6.45) is 8.11. The molecule has 2 rings (SSSR count). The molecular formula is C17H34N2. The predicted octanol–water partition coefficient (Wildman–Crippen LogP) is 3.65. The molecule has 0 bridgehead atoms. The highest BCUT2D eigenvalue weighted by Crippen LogP contribution is 2.44. The molecule has 0 atom stereocenters. The van der Waals surface area contributed by atoms with Gasteiger partial charge < -0.3 is 5.73 Å². The molecule has 0 aromatic carbocycles. The molecule has 0 unspecified atom stereocenters. The van der Waals surface area contributed by atoms with Crippen LogP contribution in [0.2, 0.25) is 0 Å². The van der Waals surface area contributed by atoms with Gasteiger partial charge in [0, 0.05) is 12.1 Å². The lowest BCUT2D eigenvalue weighted by atomic mass is 9.66. The monoisotopic (exact) mass is 266 g/mol. The first-order valence-electron chi connectivity index (χ1n) is 8.32. The van der Waals surface area contributed by atoms with E-state index in [2.05, 4.69) is 32.6 Å². The Morgan fingerprint density at radius 2 is 1.58 bits per heavy atom. The van der Waals surface area contributed by atoms with E-state index in [4.69, 9.17) is 5.73 Å². The molecule has 1 aliphatic heterocycles. The van der Waals surface area contributed by atoms with E-state index in [9.17, 15) is 0 Å². The Balaban J connectivity index is 1.98. The Morgan fingerprint density at radius 1 is 1.05 bits per heavy atom. The van der Waals surface area contributed by atoms with Crippen molar-refractivity contribution in [1.29, 1.82) is 0 Å². The van der Waals surface area contributed by atoms with Crippen LogP contribution in [0.1, 0.15) is 66.2 Å². The second-order valence-electron chi connectivity index (χ2n) is 8.24. The fourth-order valence-corrected chi connectivity index (χ4v) is 4.15. The van der Waals surface area contributed by atoms with Crippen LogP contribution >= 0.6 is 0 Å². The summed E-state index contributed by atoms with van der Waals surface area (Å²) in [4.78, 5) is 2.74. The number of hydrogen-bond donors (Lipinski definition) is 1. The molecule has 19 heavy (non-hydrogen) atoms. The van der Waals surface area contributed by atoms with Crippen molar-refractivity contribution in [2.75, 3.05) is 19.6 Å². The lowest BCUT2D eigenvalue weighted by Gasteiger charge is -2.51. The Kier molecular flexibility index (Phi) is 4.62. The Labute approximate surface area is 120 Å². The van der Waals surface area contributed by atoms with Crippen LogP contribution in [0.25, 0.3) is 0 Å².